The van der Waals surface area contributed by atoms with Gasteiger partial charge in [0.25, 0.3) is 0 Å². The molecule has 0 fully saturated rings. The molecule has 0 aliphatic carbocycles. The van der Waals surface area contributed by atoms with Crippen LogP contribution in [-0.2, 0) is 59.6 Å². The molecule has 4 aromatic rings. The summed E-state index contributed by atoms with van der Waals surface area (Å²) >= 11 is -1.89. The SMILES string of the molecule is CC1c2cc(c(C(C)(C)C)cc2C(C)(C)C)OP(=O)([O][Al][O]P2(=O)Oc3cc(c(C(C)(C)C)cc3C(C)(C)C)C(C)c3cc(c(C(C)(C)C)cc3C(C)(C)C)O2)Oc2cc1c(C(C)(C)C)cc2C(C)(C)C. The monoisotopic (exact) mass is 1030 g/mol. The van der Waals surface area contributed by atoms with E-state index in [0.29, 0.717) is 23.0 Å². The second-order valence-electron chi connectivity index (χ2n) is 28.8. The predicted octanol–water partition coefficient (Wildman–Crippen LogP) is 18.4. The Morgan fingerprint density at radius 2 is 0.493 bits per heavy atom. The van der Waals surface area contributed by atoms with Crippen molar-refractivity contribution >= 4 is 31.5 Å². The summed E-state index contributed by atoms with van der Waals surface area (Å²) in [5.74, 6) is 1.41. The van der Waals surface area contributed by atoms with Gasteiger partial charge in [0.05, 0.1) is 0 Å². The third-order valence-electron chi connectivity index (χ3n) is 14.1. The fourth-order valence-corrected chi connectivity index (χ4v) is 13.8. The van der Waals surface area contributed by atoms with Crippen LogP contribution in [0, 0.1) is 0 Å². The van der Waals surface area contributed by atoms with E-state index in [4.69, 9.17) is 25.2 Å². The molecule has 8 bridgehead atoms. The molecule has 0 saturated heterocycles. The van der Waals surface area contributed by atoms with Gasteiger partial charge in [0.2, 0.25) is 0 Å². The first-order chi connectivity index (χ1) is 31.8. The Hall–Kier alpha value is -3.01. The Labute approximate surface area is 437 Å². The van der Waals surface area contributed by atoms with Gasteiger partial charge in [-0.1, -0.05) is 204 Å². The topological polar surface area (TPSA) is 89.5 Å². The minimum atomic E-state index is -4.68. The second-order valence-corrected chi connectivity index (χ2v) is 33.2. The number of phosphoric acid groups is 2. The van der Waals surface area contributed by atoms with Crippen molar-refractivity contribution in [3.05, 3.63) is 115 Å². The van der Waals surface area contributed by atoms with Crippen molar-refractivity contribution in [2.45, 2.75) is 235 Å². The van der Waals surface area contributed by atoms with Crippen LogP contribution < -0.4 is 18.1 Å². The molecule has 0 saturated carbocycles. The van der Waals surface area contributed by atoms with Crippen molar-refractivity contribution in [1.29, 1.82) is 0 Å². The van der Waals surface area contributed by atoms with E-state index in [9.17, 15) is 0 Å². The molecular formula is C60H88AlO8P2. The Kier molecular flexibility index (Phi) is 14.8. The number of phosphoric ester groups is 2. The molecule has 8 nitrogen and oxygen atoms in total. The lowest BCUT2D eigenvalue weighted by Crippen LogP contribution is -2.25. The highest BCUT2D eigenvalue weighted by Crippen LogP contribution is 2.60. The number of hydrogen-bond acceptors (Lipinski definition) is 8. The minimum Gasteiger partial charge on any atom is -0.396 e. The van der Waals surface area contributed by atoms with Crippen LogP contribution in [0.4, 0.5) is 0 Å². The molecule has 71 heavy (non-hydrogen) atoms. The van der Waals surface area contributed by atoms with E-state index in [-0.39, 0.29) is 33.5 Å². The Morgan fingerprint density at radius 1 is 0.324 bits per heavy atom. The molecule has 0 amide bonds. The summed E-state index contributed by atoms with van der Waals surface area (Å²) in [7, 11) is -9.36. The van der Waals surface area contributed by atoms with Gasteiger partial charge in [-0.2, -0.15) is 0 Å². The average molecular weight is 1030 g/mol. The van der Waals surface area contributed by atoms with Crippen molar-refractivity contribution in [1.82, 2.24) is 0 Å². The maximum absolute atomic E-state index is 15.9. The van der Waals surface area contributed by atoms with Crippen molar-refractivity contribution in [2.24, 2.45) is 0 Å². The standard InChI is InChI=1S/2C30H45O4P.Al/c2*1-18-19-14-25(23(29(8,9)10)16-21(19)27(2,3)4)33-35(31,32)34-26-15-20(18)22(28(5,6)7)17-24(26)30(11,12)13;/h2*14-18H,1-13H3,(H,31,32);/q;;+2/p-2. The van der Waals surface area contributed by atoms with Gasteiger partial charge in [0.15, 0.2) is 0 Å². The normalized spacial score (nSPS) is 21.3. The van der Waals surface area contributed by atoms with E-state index in [1.165, 1.54) is 22.3 Å². The molecule has 389 valence electrons. The summed E-state index contributed by atoms with van der Waals surface area (Å²) in [6, 6.07) is 17.0. The molecule has 11 heteroatoms. The molecule has 4 aromatic carbocycles. The molecule has 0 unspecified atom stereocenters. The smallest absolute Gasteiger partial charge is 0.396 e. The molecule has 1 radical (unpaired) electrons. The van der Waals surface area contributed by atoms with Gasteiger partial charge < -0.3 is 25.2 Å². The zero-order chi connectivity index (χ0) is 54.0. The molecule has 0 spiro atoms. The molecular weight excluding hydrogens is 938 g/mol. The third-order valence-corrected chi connectivity index (χ3v) is 18.6. The lowest BCUT2D eigenvalue weighted by atomic mass is 9.71. The highest BCUT2D eigenvalue weighted by atomic mass is 31.2. The summed E-state index contributed by atoms with van der Waals surface area (Å²) in [5, 5.41) is 0. The van der Waals surface area contributed by atoms with Gasteiger partial charge in [-0.25, -0.2) is 9.13 Å². The number of hydrogen-bond donors (Lipinski definition) is 0. The number of fused-ring (bicyclic) bond motifs is 8. The van der Waals surface area contributed by atoms with Crippen LogP contribution >= 0.6 is 15.6 Å². The van der Waals surface area contributed by atoms with Gasteiger partial charge in [0.1, 0.15) is 23.0 Å². The van der Waals surface area contributed by atoms with Gasteiger partial charge >= 0.3 is 31.5 Å². The minimum absolute atomic E-state index is 0.0829. The second kappa shape index (κ2) is 18.4. The van der Waals surface area contributed by atoms with Crippen molar-refractivity contribution < 1.29 is 34.4 Å². The van der Waals surface area contributed by atoms with Crippen molar-refractivity contribution in [3.8, 4) is 23.0 Å². The zero-order valence-electron chi connectivity index (χ0n) is 48.5. The van der Waals surface area contributed by atoms with Gasteiger partial charge in [0, 0.05) is 34.1 Å². The Balaban J connectivity index is 1.59. The summed E-state index contributed by atoms with van der Waals surface area (Å²) in [4.78, 5) is 0. The van der Waals surface area contributed by atoms with Gasteiger partial charge in [-0.05, 0) is 112 Å². The fourth-order valence-electron chi connectivity index (χ4n) is 10.1. The van der Waals surface area contributed by atoms with Crippen LogP contribution in [0.15, 0.2) is 48.5 Å². The molecule has 6 rings (SSSR count). The van der Waals surface area contributed by atoms with Crippen LogP contribution in [0.1, 0.15) is 259 Å². The molecule has 0 aromatic heterocycles. The van der Waals surface area contributed by atoms with Crippen LogP contribution in [-0.4, -0.2) is 15.9 Å². The van der Waals surface area contributed by atoms with E-state index >= 15 is 9.13 Å². The molecule has 2 heterocycles. The maximum atomic E-state index is 15.9. The van der Waals surface area contributed by atoms with Crippen LogP contribution in [0.3, 0.4) is 0 Å². The summed E-state index contributed by atoms with van der Waals surface area (Å²) in [6.07, 6.45) is 0. The summed E-state index contributed by atoms with van der Waals surface area (Å²) in [5.41, 5.74) is 9.69. The quantitative estimate of drug-likeness (QED) is 0.148. The Morgan fingerprint density at radius 3 is 0.648 bits per heavy atom. The van der Waals surface area contributed by atoms with E-state index in [2.05, 4.69) is 204 Å². The molecule has 2 aliphatic heterocycles. The first-order valence-electron chi connectivity index (χ1n) is 25.7. The number of benzene rings is 4. The first kappa shape index (κ1) is 57.3. The van der Waals surface area contributed by atoms with Crippen molar-refractivity contribution in [2.75, 3.05) is 0 Å². The third kappa shape index (κ3) is 12.1. The predicted molar refractivity (Wildman–Crippen MR) is 296 cm³/mol. The van der Waals surface area contributed by atoms with Crippen LogP contribution in [0.25, 0.3) is 0 Å². The van der Waals surface area contributed by atoms with E-state index in [0.717, 1.165) is 44.5 Å². The van der Waals surface area contributed by atoms with Crippen LogP contribution in [0.5, 0.6) is 23.0 Å². The first-order valence-corrected chi connectivity index (χ1v) is 29.5. The molecule has 0 N–H and O–H groups in total. The summed E-state index contributed by atoms with van der Waals surface area (Å²) in [6.45, 7) is 56.6. The van der Waals surface area contributed by atoms with E-state index < -0.39 is 53.2 Å². The van der Waals surface area contributed by atoms with Gasteiger partial charge in [-0.3, -0.25) is 0 Å². The zero-order valence-corrected chi connectivity index (χ0v) is 51.5. The maximum Gasteiger partial charge on any atom is 0.689 e. The molecule has 2 aliphatic rings. The van der Waals surface area contributed by atoms with Crippen LogP contribution in [0.2, 0.25) is 0 Å². The summed E-state index contributed by atoms with van der Waals surface area (Å²) < 4.78 is 71.7. The number of rotatable bonds is 4. The van der Waals surface area contributed by atoms with E-state index in [1.54, 1.807) is 0 Å². The van der Waals surface area contributed by atoms with Gasteiger partial charge in [-0.15, -0.1) is 0 Å². The largest absolute Gasteiger partial charge is 0.689 e. The average Bonchev–Trinajstić information content (AvgIpc) is 3.15. The molecule has 0 atom stereocenters. The van der Waals surface area contributed by atoms with Crippen molar-refractivity contribution in [3.63, 3.8) is 0 Å². The lowest BCUT2D eigenvalue weighted by Gasteiger charge is -2.37. The van der Waals surface area contributed by atoms with E-state index in [1.807, 2.05) is 24.3 Å². The lowest BCUT2D eigenvalue weighted by molar-refractivity contribution is 0.259. The Bertz CT molecular complexity index is 2430. The highest BCUT2D eigenvalue weighted by Gasteiger charge is 2.44. The highest BCUT2D eigenvalue weighted by molar-refractivity contribution is 7.52. The fraction of sp³-hybridized carbons (Fsp3) is 0.600.